The number of rotatable bonds is 2. The average Bonchev–Trinajstić information content (AvgIpc) is 2.31. The number of hydrogen-bond donors (Lipinski definition) is 2. The van der Waals surface area contributed by atoms with E-state index in [1.165, 1.54) is 30.9 Å². The lowest BCUT2D eigenvalue weighted by Crippen LogP contribution is -2.14. The van der Waals surface area contributed by atoms with Gasteiger partial charge in [0.1, 0.15) is 5.75 Å². The highest BCUT2D eigenvalue weighted by Gasteiger charge is 2.11. The van der Waals surface area contributed by atoms with Gasteiger partial charge in [-0.05, 0) is 6.07 Å². The maximum Gasteiger partial charge on any atom is 0.261 e. The second-order valence-corrected chi connectivity index (χ2v) is 2.81. The average molecular weight is 217 g/mol. The van der Waals surface area contributed by atoms with Gasteiger partial charge in [-0.15, -0.1) is 5.10 Å². The van der Waals surface area contributed by atoms with Gasteiger partial charge in [-0.3, -0.25) is 15.1 Å². The number of aromatic hydroxyl groups is 1. The summed E-state index contributed by atoms with van der Waals surface area (Å²) in [5, 5.41) is 18.9. The molecular weight excluding hydrogens is 210 g/mol. The first kappa shape index (κ1) is 9.97. The van der Waals surface area contributed by atoms with Crippen LogP contribution in [0, 0.1) is 0 Å². The predicted molar refractivity (Wildman–Crippen MR) is 53.7 cm³/mol. The third kappa shape index (κ3) is 2.08. The number of aromatic nitrogens is 4. The van der Waals surface area contributed by atoms with Crippen molar-refractivity contribution in [3.8, 4) is 5.75 Å². The smallest absolute Gasteiger partial charge is 0.261 e. The highest BCUT2D eigenvalue weighted by atomic mass is 16.3. The number of nitrogens with one attached hydrogen (secondary N) is 1. The van der Waals surface area contributed by atoms with Crippen LogP contribution < -0.4 is 5.32 Å². The minimum atomic E-state index is -0.520. The SMILES string of the molecule is O=C(Nc1nccnn1)c1ccncc1O. The molecule has 0 aliphatic heterocycles. The van der Waals surface area contributed by atoms with Crippen molar-refractivity contribution in [2.45, 2.75) is 0 Å². The molecule has 2 heterocycles. The number of hydrogen-bond acceptors (Lipinski definition) is 6. The van der Waals surface area contributed by atoms with E-state index in [9.17, 15) is 9.90 Å². The molecule has 80 valence electrons. The van der Waals surface area contributed by atoms with Crippen LogP contribution >= 0.6 is 0 Å². The van der Waals surface area contributed by atoms with E-state index in [1.807, 2.05) is 0 Å². The second-order valence-electron chi connectivity index (χ2n) is 2.81. The van der Waals surface area contributed by atoms with Crippen LogP contribution in [-0.4, -0.2) is 31.2 Å². The fraction of sp³-hybridized carbons (Fsp3) is 0. The van der Waals surface area contributed by atoms with Crippen LogP contribution in [0.5, 0.6) is 5.75 Å². The van der Waals surface area contributed by atoms with Gasteiger partial charge in [0, 0.05) is 6.20 Å². The van der Waals surface area contributed by atoms with Crippen molar-refractivity contribution in [1.82, 2.24) is 20.2 Å². The molecule has 0 unspecified atom stereocenters. The summed E-state index contributed by atoms with van der Waals surface area (Å²) in [6.07, 6.45) is 5.37. The maximum atomic E-state index is 11.6. The maximum absolute atomic E-state index is 11.6. The van der Waals surface area contributed by atoms with Crippen molar-refractivity contribution in [3.63, 3.8) is 0 Å². The van der Waals surface area contributed by atoms with Crippen LogP contribution in [0.3, 0.4) is 0 Å². The van der Waals surface area contributed by atoms with E-state index < -0.39 is 5.91 Å². The van der Waals surface area contributed by atoms with Crippen LogP contribution in [0.4, 0.5) is 5.95 Å². The van der Waals surface area contributed by atoms with Gasteiger partial charge in [-0.1, -0.05) is 0 Å². The van der Waals surface area contributed by atoms with E-state index in [2.05, 4.69) is 25.5 Å². The van der Waals surface area contributed by atoms with E-state index >= 15 is 0 Å². The number of pyridine rings is 1. The van der Waals surface area contributed by atoms with Gasteiger partial charge in [-0.25, -0.2) is 4.98 Å². The van der Waals surface area contributed by atoms with Crippen molar-refractivity contribution in [3.05, 3.63) is 36.4 Å². The molecular formula is C9H7N5O2. The first-order valence-corrected chi connectivity index (χ1v) is 4.35. The van der Waals surface area contributed by atoms with E-state index in [0.717, 1.165) is 0 Å². The summed E-state index contributed by atoms with van der Waals surface area (Å²) < 4.78 is 0. The summed E-state index contributed by atoms with van der Waals surface area (Å²) in [4.78, 5) is 19.1. The number of nitrogens with zero attached hydrogens (tertiary/aromatic N) is 4. The molecule has 2 N–H and O–H groups in total. The Labute approximate surface area is 90.2 Å². The Kier molecular flexibility index (Phi) is 2.68. The van der Waals surface area contributed by atoms with E-state index in [4.69, 9.17) is 0 Å². The highest BCUT2D eigenvalue weighted by molar-refractivity contribution is 6.05. The summed E-state index contributed by atoms with van der Waals surface area (Å²) in [5.74, 6) is -0.652. The number of carbonyl (C=O) groups is 1. The van der Waals surface area contributed by atoms with E-state index in [0.29, 0.717) is 0 Å². The van der Waals surface area contributed by atoms with Gasteiger partial charge < -0.3 is 5.11 Å². The van der Waals surface area contributed by atoms with Gasteiger partial charge in [0.2, 0.25) is 5.95 Å². The second kappa shape index (κ2) is 4.30. The molecule has 0 fully saturated rings. The van der Waals surface area contributed by atoms with Gasteiger partial charge in [0.05, 0.1) is 24.2 Å². The number of amides is 1. The molecule has 0 saturated heterocycles. The summed E-state index contributed by atoms with van der Waals surface area (Å²) >= 11 is 0. The lowest BCUT2D eigenvalue weighted by Gasteiger charge is -2.03. The first-order valence-electron chi connectivity index (χ1n) is 4.35. The van der Waals surface area contributed by atoms with Gasteiger partial charge >= 0.3 is 0 Å². The zero-order valence-corrected chi connectivity index (χ0v) is 8.03. The van der Waals surface area contributed by atoms with Crippen molar-refractivity contribution >= 4 is 11.9 Å². The summed E-state index contributed by atoms with van der Waals surface area (Å²) in [6, 6.07) is 1.39. The number of anilines is 1. The summed E-state index contributed by atoms with van der Waals surface area (Å²) in [6.45, 7) is 0. The third-order valence-electron chi connectivity index (χ3n) is 1.75. The molecule has 0 spiro atoms. The Bertz CT molecular complexity index is 502. The van der Waals surface area contributed by atoms with E-state index in [-0.39, 0.29) is 17.3 Å². The summed E-state index contributed by atoms with van der Waals surface area (Å²) in [5.41, 5.74) is 0.0995. The minimum Gasteiger partial charge on any atom is -0.505 e. The molecule has 0 atom stereocenters. The summed E-state index contributed by atoms with van der Waals surface area (Å²) in [7, 11) is 0. The molecule has 2 rings (SSSR count). The molecule has 0 saturated carbocycles. The predicted octanol–water partition coefficient (Wildman–Crippen LogP) is 0.224. The molecule has 7 nitrogen and oxygen atoms in total. The van der Waals surface area contributed by atoms with Crippen LogP contribution in [0.15, 0.2) is 30.9 Å². The lowest BCUT2D eigenvalue weighted by atomic mass is 10.2. The van der Waals surface area contributed by atoms with Gasteiger partial charge in [-0.2, -0.15) is 5.10 Å². The Morgan fingerprint density at radius 2 is 2.19 bits per heavy atom. The van der Waals surface area contributed by atoms with Crippen LogP contribution in [0.2, 0.25) is 0 Å². The molecule has 0 aliphatic rings. The quantitative estimate of drug-likeness (QED) is 0.746. The molecule has 2 aromatic heterocycles. The van der Waals surface area contributed by atoms with Crippen molar-refractivity contribution in [2.24, 2.45) is 0 Å². The van der Waals surface area contributed by atoms with Crippen LogP contribution in [-0.2, 0) is 0 Å². The van der Waals surface area contributed by atoms with Crippen molar-refractivity contribution in [2.75, 3.05) is 5.32 Å². The topological polar surface area (TPSA) is 101 Å². The molecule has 1 amide bonds. The third-order valence-corrected chi connectivity index (χ3v) is 1.75. The Morgan fingerprint density at radius 3 is 2.88 bits per heavy atom. The highest BCUT2D eigenvalue weighted by Crippen LogP contribution is 2.14. The fourth-order valence-electron chi connectivity index (χ4n) is 1.05. The minimum absolute atomic E-state index is 0.0729. The van der Waals surface area contributed by atoms with Gasteiger partial charge in [0.15, 0.2) is 0 Å². The van der Waals surface area contributed by atoms with Crippen LogP contribution in [0.25, 0.3) is 0 Å². The molecule has 16 heavy (non-hydrogen) atoms. The normalized spacial score (nSPS) is 9.75. The Morgan fingerprint density at radius 1 is 1.31 bits per heavy atom. The molecule has 0 radical (unpaired) electrons. The molecule has 7 heteroatoms. The largest absolute Gasteiger partial charge is 0.505 e. The lowest BCUT2D eigenvalue weighted by molar-refractivity contribution is 0.102. The molecule has 0 aromatic carbocycles. The standard InChI is InChI=1S/C9H7N5O2/c15-7-5-10-2-1-6(7)8(16)13-9-11-3-4-12-14-9/h1-5,15H,(H,11,13,14,16). The Balaban J connectivity index is 2.19. The van der Waals surface area contributed by atoms with Crippen molar-refractivity contribution < 1.29 is 9.90 Å². The number of carbonyl (C=O) groups excluding carboxylic acids is 1. The molecule has 2 aromatic rings. The zero-order chi connectivity index (χ0) is 11.4. The van der Waals surface area contributed by atoms with E-state index in [1.54, 1.807) is 0 Å². The molecule has 0 aliphatic carbocycles. The zero-order valence-electron chi connectivity index (χ0n) is 8.03. The Hall–Kier alpha value is -2.57. The fourth-order valence-corrected chi connectivity index (χ4v) is 1.05. The monoisotopic (exact) mass is 217 g/mol. The van der Waals surface area contributed by atoms with Crippen molar-refractivity contribution in [1.29, 1.82) is 0 Å². The van der Waals surface area contributed by atoms with Gasteiger partial charge in [0.25, 0.3) is 5.91 Å². The first-order chi connectivity index (χ1) is 7.77. The van der Waals surface area contributed by atoms with Crippen LogP contribution in [0.1, 0.15) is 10.4 Å². The molecule has 0 bridgehead atoms.